The Morgan fingerprint density at radius 3 is 2.75 bits per heavy atom. The lowest BCUT2D eigenvalue weighted by atomic mass is 10.2. The van der Waals surface area contributed by atoms with Gasteiger partial charge in [-0.1, -0.05) is 18.7 Å². The third kappa shape index (κ3) is 3.96. The first-order valence-corrected chi connectivity index (χ1v) is 7.99. The molecule has 0 aromatic carbocycles. The molecule has 20 heavy (non-hydrogen) atoms. The lowest BCUT2D eigenvalue weighted by molar-refractivity contribution is -0.894. The van der Waals surface area contributed by atoms with Gasteiger partial charge in [0.15, 0.2) is 6.04 Å². The number of carbonyl (C=O) groups excluding carboxylic acids is 1. The second kappa shape index (κ2) is 6.58. The fourth-order valence-electron chi connectivity index (χ4n) is 1.99. The monoisotopic (exact) mass is 299 g/mol. The first-order chi connectivity index (χ1) is 9.51. The molecule has 7 heteroatoms. The molecule has 0 radical (unpaired) electrons. The van der Waals surface area contributed by atoms with Gasteiger partial charge < -0.3 is 14.6 Å². The van der Waals surface area contributed by atoms with E-state index in [1.54, 1.807) is 0 Å². The van der Waals surface area contributed by atoms with Crippen LogP contribution in [0.3, 0.4) is 0 Å². The molecule has 1 fully saturated rings. The van der Waals surface area contributed by atoms with Crippen molar-refractivity contribution in [2.24, 2.45) is 0 Å². The third-order valence-corrected chi connectivity index (χ3v) is 4.33. The van der Waals surface area contributed by atoms with E-state index >= 15 is 0 Å². The highest BCUT2D eigenvalue weighted by Gasteiger charge is 2.28. The number of quaternary nitrogens is 1. The average Bonchev–Trinajstić information content (AvgIpc) is 3.09. The summed E-state index contributed by atoms with van der Waals surface area (Å²) in [4.78, 5) is 13.1. The summed E-state index contributed by atoms with van der Waals surface area (Å²) in [6.45, 7) is 3.96. The van der Waals surface area contributed by atoms with E-state index in [0.717, 1.165) is 19.3 Å². The zero-order chi connectivity index (χ0) is 14.7. The van der Waals surface area contributed by atoms with Gasteiger partial charge in [0.1, 0.15) is 0 Å². The molecule has 0 aliphatic heterocycles. The molecule has 1 heterocycles. The van der Waals surface area contributed by atoms with Crippen LogP contribution in [0.4, 0.5) is 0 Å². The van der Waals surface area contributed by atoms with Crippen LogP contribution in [0.1, 0.15) is 45.0 Å². The summed E-state index contributed by atoms with van der Waals surface area (Å²) >= 11 is 1.32. The molecule has 6 nitrogen and oxygen atoms in total. The maximum absolute atomic E-state index is 11.9. The predicted molar refractivity (Wildman–Crippen MR) is 76.6 cm³/mol. The molecule has 0 saturated heterocycles. The van der Waals surface area contributed by atoms with Crippen LogP contribution in [0.25, 0.3) is 0 Å². The Morgan fingerprint density at radius 2 is 2.20 bits per heavy atom. The van der Waals surface area contributed by atoms with Crippen molar-refractivity contribution in [3.05, 3.63) is 5.89 Å². The van der Waals surface area contributed by atoms with Crippen molar-refractivity contribution in [2.45, 2.75) is 55.7 Å². The lowest BCUT2D eigenvalue weighted by Gasteiger charge is -2.15. The molecule has 1 aliphatic carbocycles. The van der Waals surface area contributed by atoms with Gasteiger partial charge in [-0.05, 0) is 19.8 Å². The number of aromatic nitrogens is 2. The number of amides is 1. The van der Waals surface area contributed by atoms with Gasteiger partial charge in [0.05, 0.1) is 19.3 Å². The van der Waals surface area contributed by atoms with Crippen molar-refractivity contribution in [2.75, 3.05) is 14.1 Å². The SMILES string of the molecule is CC[C@@H](c1nnc(S[C@H](C)C(=O)NC2CC2)o1)[NH+](C)C. The highest BCUT2D eigenvalue weighted by atomic mass is 32.2. The van der Waals surface area contributed by atoms with Crippen LogP contribution in [0.5, 0.6) is 0 Å². The van der Waals surface area contributed by atoms with E-state index < -0.39 is 0 Å². The van der Waals surface area contributed by atoms with Gasteiger partial charge >= 0.3 is 0 Å². The Kier molecular flexibility index (Phi) is 5.04. The predicted octanol–water partition coefficient (Wildman–Crippen LogP) is 0.424. The van der Waals surface area contributed by atoms with E-state index in [-0.39, 0.29) is 17.2 Å². The lowest BCUT2D eigenvalue weighted by Crippen LogP contribution is -3.06. The molecule has 0 bridgehead atoms. The van der Waals surface area contributed by atoms with Crippen LogP contribution in [0, 0.1) is 0 Å². The van der Waals surface area contributed by atoms with Crippen LogP contribution < -0.4 is 10.2 Å². The van der Waals surface area contributed by atoms with E-state index in [4.69, 9.17) is 4.42 Å². The fourth-order valence-corrected chi connectivity index (χ4v) is 2.69. The number of hydrogen-bond acceptors (Lipinski definition) is 5. The van der Waals surface area contributed by atoms with Crippen LogP contribution in [-0.4, -0.2) is 41.5 Å². The molecule has 1 saturated carbocycles. The van der Waals surface area contributed by atoms with Gasteiger partial charge in [0, 0.05) is 12.5 Å². The smallest absolute Gasteiger partial charge is 0.277 e. The van der Waals surface area contributed by atoms with Crippen molar-refractivity contribution in [3.8, 4) is 0 Å². The molecular weight excluding hydrogens is 276 g/mol. The van der Waals surface area contributed by atoms with Crippen molar-refractivity contribution in [1.82, 2.24) is 15.5 Å². The Hall–Kier alpha value is -1.08. The Labute approximate surface area is 123 Å². The molecule has 0 spiro atoms. The first kappa shape index (κ1) is 15.3. The summed E-state index contributed by atoms with van der Waals surface area (Å²) in [5.74, 6) is 0.687. The number of nitrogens with one attached hydrogen (secondary N) is 2. The Bertz CT molecular complexity index is 459. The summed E-state index contributed by atoms with van der Waals surface area (Å²) in [5.41, 5.74) is 0. The normalized spacial score (nSPS) is 18.1. The van der Waals surface area contributed by atoms with Crippen molar-refractivity contribution < 1.29 is 14.1 Å². The van der Waals surface area contributed by atoms with Crippen LogP contribution in [0.2, 0.25) is 0 Å². The molecule has 0 unspecified atom stereocenters. The summed E-state index contributed by atoms with van der Waals surface area (Å²) in [5, 5.41) is 11.4. The molecule has 1 aromatic rings. The van der Waals surface area contributed by atoms with Crippen LogP contribution >= 0.6 is 11.8 Å². The minimum atomic E-state index is -0.212. The highest BCUT2D eigenvalue weighted by Crippen LogP contribution is 2.25. The topological polar surface area (TPSA) is 72.5 Å². The van der Waals surface area contributed by atoms with E-state index in [9.17, 15) is 4.79 Å². The van der Waals surface area contributed by atoms with E-state index in [0.29, 0.717) is 17.2 Å². The molecule has 1 amide bonds. The van der Waals surface area contributed by atoms with Gasteiger partial charge in [-0.15, -0.1) is 10.2 Å². The molecule has 2 N–H and O–H groups in total. The molecular formula is C13H23N4O2S+. The Morgan fingerprint density at radius 1 is 1.50 bits per heavy atom. The van der Waals surface area contributed by atoms with E-state index in [1.165, 1.54) is 16.7 Å². The van der Waals surface area contributed by atoms with Crippen molar-refractivity contribution >= 4 is 17.7 Å². The average molecular weight is 299 g/mol. The second-order valence-corrected chi connectivity index (χ2v) is 6.78. The van der Waals surface area contributed by atoms with Crippen molar-refractivity contribution in [1.29, 1.82) is 0 Å². The minimum absolute atomic E-state index is 0.0440. The number of hydrogen-bond donors (Lipinski definition) is 2. The number of nitrogens with zero attached hydrogens (tertiary/aromatic N) is 2. The van der Waals surface area contributed by atoms with Gasteiger partial charge in [-0.2, -0.15) is 0 Å². The Balaban J connectivity index is 1.92. The summed E-state index contributed by atoms with van der Waals surface area (Å²) in [6, 6.07) is 0.582. The summed E-state index contributed by atoms with van der Waals surface area (Å²) < 4.78 is 5.68. The molecule has 112 valence electrons. The second-order valence-electron chi connectivity index (χ2n) is 5.49. The summed E-state index contributed by atoms with van der Waals surface area (Å²) in [7, 11) is 4.13. The van der Waals surface area contributed by atoms with Gasteiger partial charge in [0.25, 0.3) is 11.1 Å². The maximum Gasteiger partial charge on any atom is 0.277 e. The maximum atomic E-state index is 11.9. The minimum Gasteiger partial charge on any atom is -0.410 e. The van der Waals surface area contributed by atoms with Gasteiger partial charge in [-0.3, -0.25) is 4.79 Å². The zero-order valence-electron chi connectivity index (χ0n) is 12.5. The third-order valence-electron chi connectivity index (χ3n) is 3.40. The van der Waals surface area contributed by atoms with E-state index in [1.807, 2.05) is 6.92 Å². The van der Waals surface area contributed by atoms with Crippen molar-refractivity contribution in [3.63, 3.8) is 0 Å². The highest BCUT2D eigenvalue weighted by molar-refractivity contribution is 8.00. The summed E-state index contributed by atoms with van der Waals surface area (Å²) in [6.07, 6.45) is 3.13. The zero-order valence-corrected chi connectivity index (χ0v) is 13.3. The fraction of sp³-hybridized carbons (Fsp3) is 0.769. The first-order valence-electron chi connectivity index (χ1n) is 7.11. The quantitative estimate of drug-likeness (QED) is 0.714. The standard InChI is InChI=1S/C13H22N4O2S/c1-5-10(17(3)4)12-15-16-13(19-12)20-8(2)11(18)14-9-6-7-9/h8-10H,5-7H2,1-4H3,(H,14,18)/p+1/t8-,10+/m1/s1. The van der Waals surface area contributed by atoms with E-state index in [2.05, 4.69) is 36.5 Å². The van der Waals surface area contributed by atoms with Gasteiger partial charge in [0.2, 0.25) is 5.91 Å². The number of thioether (sulfide) groups is 1. The number of rotatable bonds is 7. The molecule has 2 rings (SSSR count). The van der Waals surface area contributed by atoms with Crippen LogP contribution in [-0.2, 0) is 4.79 Å². The van der Waals surface area contributed by atoms with Crippen LogP contribution in [0.15, 0.2) is 9.64 Å². The number of carbonyl (C=O) groups is 1. The molecule has 1 aromatic heterocycles. The largest absolute Gasteiger partial charge is 0.410 e. The van der Waals surface area contributed by atoms with Gasteiger partial charge in [-0.25, -0.2) is 0 Å². The molecule has 2 atom stereocenters. The molecule has 1 aliphatic rings.